The number of carbonyl (C=O) groups is 1. The van der Waals surface area contributed by atoms with E-state index in [0.717, 1.165) is 23.3 Å². The fraction of sp³-hybridized carbons (Fsp3) is 0.278. The van der Waals surface area contributed by atoms with Crippen LogP contribution in [0.25, 0.3) is 0 Å². The van der Waals surface area contributed by atoms with Gasteiger partial charge in [0.2, 0.25) is 5.91 Å². The lowest BCUT2D eigenvalue weighted by molar-refractivity contribution is -0.138. The van der Waals surface area contributed by atoms with Gasteiger partial charge in [-0.05, 0) is 29.2 Å². The fourth-order valence-electron chi connectivity index (χ4n) is 3.01. The third kappa shape index (κ3) is 2.96. The van der Waals surface area contributed by atoms with Crippen LogP contribution in [-0.2, 0) is 17.4 Å². The molecule has 2 aromatic rings. The molecule has 1 atom stereocenters. The number of nitrogens with zero attached hydrogens (tertiary/aromatic N) is 1. The van der Waals surface area contributed by atoms with Crippen molar-refractivity contribution in [1.82, 2.24) is 4.90 Å². The zero-order valence-electron chi connectivity index (χ0n) is 12.6. The predicted molar refractivity (Wildman–Crippen MR) is 81.1 cm³/mol. The normalized spacial score (nSPS) is 18.5. The lowest BCUT2D eigenvalue weighted by atomic mass is 9.87. The van der Waals surface area contributed by atoms with Crippen molar-refractivity contribution in [2.45, 2.75) is 18.5 Å². The highest BCUT2D eigenvalue weighted by atomic mass is 19.4. The Morgan fingerprint density at radius 2 is 1.83 bits per heavy atom. The zero-order chi connectivity index (χ0) is 16.6. The average molecular weight is 319 g/mol. The molecule has 1 aliphatic rings. The van der Waals surface area contributed by atoms with Crippen molar-refractivity contribution >= 4 is 5.91 Å². The number of hydrogen-bond donors (Lipinski definition) is 0. The van der Waals surface area contributed by atoms with Crippen molar-refractivity contribution in [2.75, 3.05) is 13.6 Å². The maximum Gasteiger partial charge on any atom is 0.416 e. The number of carbonyl (C=O) groups excluding carboxylic acids is 1. The number of halogens is 3. The first-order valence-electron chi connectivity index (χ1n) is 7.38. The first-order chi connectivity index (χ1) is 10.9. The first-order valence-corrected chi connectivity index (χ1v) is 7.38. The van der Waals surface area contributed by atoms with Crippen LogP contribution in [0, 0.1) is 0 Å². The van der Waals surface area contributed by atoms with E-state index in [2.05, 4.69) is 0 Å². The zero-order valence-corrected chi connectivity index (χ0v) is 12.6. The molecule has 0 N–H and O–H groups in total. The van der Waals surface area contributed by atoms with Crippen LogP contribution in [0.4, 0.5) is 13.2 Å². The summed E-state index contributed by atoms with van der Waals surface area (Å²) in [7, 11) is 1.69. The van der Waals surface area contributed by atoms with Gasteiger partial charge in [0.05, 0.1) is 11.5 Å². The Morgan fingerprint density at radius 1 is 1.09 bits per heavy atom. The van der Waals surface area contributed by atoms with Gasteiger partial charge in [-0.2, -0.15) is 13.2 Å². The Hall–Kier alpha value is -2.30. The van der Waals surface area contributed by atoms with Crippen LogP contribution in [0.3, 0.4) is 0 Å². The molecule has 0 saturated carbocycles. The summed E-state index contributed by atoms with van der Waals surface area (Å²) in [5.74, 6) is -0.865. The third-order valence-corrected chi connectivity index (χ3v) is 4.25. The van der Waals surface area contributed by atoms with Crippen LogP contribution in [-0.4, -0.2) is 24.4 Å². The lowest BCUT2D eigenvalue weighted by Crippen LogP contribution is -2.31. The fourth-order valence-corrected chi connectivity index (χ4v) is 3.01. The molecule has 0 saturated heterocycles. The summed E-state index contributed by atoms with van der Waals surface area (Å²) in [6.07, 6.45) is -3.72. The Kier molecular flexibility index (Phi) is 3.88. The molecule has 0 fully saturated rings. The molecular weight excluding hydrogens is 303 g/mol. The summed E-state index contributed by atoms with van der Waals surface area (Å²) in [5.41, 5.74) is 1.45. The van der Waals surface area contributed by atoms with Gasteiger partial charge in [0, 0.05) is 13.6 Å². The molecule has 0 unspecified atom stereocenters. The molecule has 0 spiro atoms. The van der Waals surface area contributed by atoms with Crippen LogP contribution in [0.5, 0.6) is 0 Å². The van der Waals surface area contributed by atoms with Gasteiger partial charge in [-0.25, -0.2) is 0 Å². The van der Waals surface area contributed by atoms with Crippen molar-refractivity contribution < 1.29 is 18.0 Å². The minimum absolute atomic E-state index is 0.172. The number of hydrogen-bond acceptors (Lipinski definition) is 1. The third-order valence-electron chi connectivity index (χ3n) is 4.25. The van der Waals surface area contributed by atoms with Gasteiger partial charge in [0.25, 0.3) is 0 Å². The Labute approximate surface area is 132 Å². The number of fused-ring (bicyclic) bond motifs is 1. The second kappa shape index (κ2) is 5.72. The molecule has 2 aromatic carbocycles. The SMILES string of the molecule is CN1CCc2ccccc2[C@H](c2cccc(C(F)(F)F)c2)C1=O. The molecule has 120 valence electrons. The summed E-state index contributed by atoms with van der Waals surface area (Å²) in [6, 6.07) is 12.5. The van der Waals surface area contributed by atoms with E-state index in [9.17, 15) is 18.0 Å². The van der Waals surface area contributed by atoms with Crippen molar-refractivity contribution in [2.24, 2.45) is 0 Å². The molecule has 1 aliphatic heterocycles. The van der Waals surface area contributed by atoms with Gasteiger partial charge in [-0.1, -0.05) is 42.5 Å². The summed E-state index contributed by atoms with van der Waals surface area (Å²) in [6.45, 7) is 0.561. The highest BCUT2D eigenvalue weighted by molar-refractivity contribution is 5.88. The summed E-state index contributed by atoms with van der Waals surface area (Å²) in [5, 5.41) is 0. The molecular formula is C18H16F3NO. The molecule has 1 amide bonds. The van der Waals surface area contributed by atoms with Crippen molar-refractivity contribution in [3.8, 4) is 0 Å². The molecule has 5 heteroatoms. The number of rotatable bonds is 1. The Balaban J connectivity index is 2.14. The largest absolute Gasteiger partial charge is 0.416 e. The Bertz CT molecular complexity index is 739. The number of amides is 1. The molecule has 1 heterocycles. The lowest BCUT2D eigenvalue weighted by Gasteiger charge is -2.22. The van der Waals surface area contributed by atoms with E-state index in [-0.39, 0.29) is 5.91 Å². The number of likely N-dealkylation sites (N-methyl/N-ethyl adjacent to an activating group) is 1. The van der Waals surface area contributed by atoms with E-state index in [0.29, 0.717) is 18.5 Å². The van der Waals surface area contributed by atoms with Crippen LogP contribution in [0.2, 0.25) is 0 Å². The Morgan fingerprint density at radius 3 is 2.57 bits per heavy atom. The molecule has 0 aliphatic carbocycles. The quantitative estimate of drug-likeness (QED) is 0.782. The standard InChI is InChI=1S/C18H16F3NO/c1-22-10-9-12-5-2-3-8-15(12)16(17(22)23)13-6-4-7-14(11-13)18(19,20)21/h2-8,11,16H,9-10H2,1H3/t16-/m0/s1. The molecule has 2 nitrogen and oxygen atoms in total. The van der Waals surface area contributed by atoms with Gasteiger partial charge >= 0.3 is 6.18 Å². The van der Waals surface area contributed by atoms with Gasteiger partial charge in [0.1, 0.15) is 0 Å². The minimum atomic E-state index is -4.42. The number of alkyl halides is 3. The van der Waals surface area contributed by atoms with E-state index in [1.54, 1.807) is 18.0 Å². The molecule has 3 rings (SSSR count). The maximum atomic E-state index is 13.0. The summed E-state index contributed by atoms with van der Waals surface area (Å²) < 4.78 is 39.0. The highest BCUT2D eigenvalue weighted by Gasteiger charge is 2.34. The molecule has 0 aromatic heterocycles. The molecule has 0 bridgehead atoms. The van der Waals surface area contributed by atoms with Crippen molar-refractivity contribution in [3.05, 3.63) is 70.8 Å². The second-order valence-corrected chi connectivity index (χ2v) is 5.76. The molecule has 23 heavy (non-hydrogen) atoms. The summed E-state index contributed by atoms with van der Waals surface area (Å²) >= 11 is 0. The van der Waals surface area contributed by atoms with Gasteiger partial charge < -0.3 is 4.90 Å². The van der Waals surface area contributed by atoms with E-state index in [4.69, 9.17) is 0 Å². The van der Waals surface area contributed by atoms with Crippen LogP contribution >= 0.6 is 0 Å². The topological polar surface area (TPSA) is 20.3 Å². The summed E-state index contributed by atoms with van der Waals surface area (Å²) in [4.78, 5) is 14.3. The van der Waals surface area contributed by atoms with E-state index >= 15 is 0 Å². The molecule has 0 radical (unpaired) electrons. The van der Waals surface area contributed by atoms with E-state index < -0.39 is 17.7 Å². The maximum absolute atomic E-state index is 13.0. The van der Waals surface area contributed by atoms with Gasteiger partial charge in [0.15, 0.2) is 0 Å². The minimum Gasteiger partial charge on any atom is -0.345 e. The second-order valence-electron chi connectivity index (χ2n) is 5.76. The van der Waals surface area contributed by atoms with Gasteiger partial charge in [-0.15, -0.1) is 0 Å². The number of benzene rings is 2. The average Bonchev–Trinajstić information content (AvgIpc) is 2.65. The van der Waals surface area contributed by atoms with Gasteiger partial charge in [-0.3, -0.25) is 4.79 Å². The van der Waals surface area contributed by atoms with Crippen LogP contribution < -0.4 is 0 Å². The van der Waals surface area contributed by atoms with Crippen molar-refractivity contribution in [3.63, 3.8) is 0 Å². The van der Waals surface area contributed by atoms with E-state index in [1.165, 1.54) is 6.07 Å². The van der Waals surface area contributed by atoms with Crippen molar-refractivity contribution in [1.29, 1.82) is 0 Å². The first kappa shape index (κ1) is 15.6. The smallest absolute Gasteiger partial charge is 0.345 e. The van der Waals surface area contributed by atoms with Crippen LogP contribution in [0.1, 0.15) is 28.2 Å². The predicted octanol–water partition coefficient (Wildman–Crippen LogP) is 3.85. The van der Waals surface area contributed by atoms with E-state index in [1.807, 2.05) is 24.3 Å². The van der Waals surface area contributed by atoms with Crippen LogP contribution in [0.15, 0.2) is 48.5 Å². The monoisotopic (exact) mass is 319 g/mol. The highest BCUT2D eigenvalue weighted by Crippen LogP contribution is 2.35.